The van der Waals surface area contributed by atoms with E-state index in [2.05, 4.69) is 19.6 Å². The topological polar surface area (TPSA) is 66.8 Å². The maximum absolute atomic E-state index is 11.5. The number of hydrogen-bond acceptors (Lipinski definition) is 4. The molecule has 0 radical (unpaired) electrons. The molecule has 0 saturated heterocycles. The van der Waals surface area contributed by atoms with Crippen LogP contribution in [0.3, 0.4) is 0 Å². The van der Waals surface area contributed by atoms with Crippen molar-refractivity contribution in [1.82, 2.24) is 4.90 Å². The molecule has 0 bridgehead atoms. The Morgan fingerprint density at radius 3 is 2.22 bits per heavy atom. The van der Waals surface area contributed by atoms with Crippen LogP contribution in [0.4, 0.5) is 0 Å². The summed E-state index contributed by atoms with van der Waals surface area (Å²) < 4.78 is 5.11. The van der Waals surface area contributed by atoms with E-state index in [1.54, 1.807) is 19.0 Å². The number of nitrogens with zero attached hydrogens (tertiary/aromatic N) is 1. The van der Waals surface area contributed by atoms with Crippen molar-refractivity contribution in [3.63, 3.8) is 0 Å². The lowest BCUT2D eigenvalue weighted by atomic mass is 10.1. The van der Waals surface area contributed by atoms with Crippen LogP contribution in [0.1, 0.15) is 12.8 Å². The van der Waals surface area contributed by atoms with Crippen LogP contribution in [0.25, 0.3) is 0 Å². The Morgan fingerprint density at radius 1 is 1.28 bits per heavy atom. The second kappa shape index (κ2) is 7.53. The second-order valence-electron chi connectivity index (χ2n) is 5.89. The fourth-order valence-corrected chi connectivity index (χ4v) is 2.11. The maximum Gasteiger partial charge on any atom is 0.320 e. The molecule has 0 heterocycles. The number of hydrogen-bond donors (Lipinski definition) is 1. The van der Waals surface area contributed by atoms with Gasteiger partial charge in [-0.2, -0.15) is 0 Å². The molecule has 0 fully saturated rings. The first kappa shape index (κ1) is 17.1. The van der Waals surface area contributed by atoms with E-state index >= 15 is 0 Å². The van der Waals surface area contributed by atoms with Gasteiger partial charge in [-0.05, 0) is 26.6 Å². The summed E-state index contributed by atoms with van der Waals surface area (Å²) in [4.78, 5) is 24.0. The van der Waals surface area contributed by atoms with Gasteiger partial charge in [-0.1, -0.05) is 19.6 Å². The number of likely N-dealkylation sites (N-methyl/N-ethyl adjacent to an activating group) is 1. The highest BCUT2D eigenvalue weighted by Crippen LogP contribution is 2.09. The first-order chi connectivity index (χ1) is 8.13. The minimum Gasteiger partial charge on any atom is -0.480 e. The molecule has 106 valence electrons. The van der Waals surface area contributed by atoms with E-state index in [9.17, 15) is 9.59 Å². The average molecular weight is 275 g/mol. The molecule has 0 aliphatic carbocycles. The highest BCUT2D eigenvalue weighted by molar-refractivity contribution is 6.76. The van der Waals surface area contributed by atoms with Crippen molar-refractivity contribution in [1.29, 1.82) is 0 Å². The Balaban J connectivity index is 3.92. The molecule has 0 aromatic heterocycles. The predicted molar refractivity (Wildman–Crippen MR) is 73.5 cm³/mol. The van der Waals surface area contributed by atoms with Crippen molar-refractivity contribution in [2.45, 2.75) is 44.6 Å². The molecule has 0 rings (SSSR count). The molecule has 6 heteroatoms. The van der Waals surface area contributed by atoms with Crippen LogP contribution in [0.15, 0.2) is 0 Å². The lowest BCUT2D eigenvalue weighted by Gasteiger charge is -2.19. The van der Waals surface area contributed by atoms with Crippen LogP contribution in [0.2, 0.25) is 25.7 Å². The van der Waals surface area contributed by atoms with Crippen LogP contribution in [-0.4, -0.2) is 56.8 Å². The Bertz CT molecular complexity index is 286. The molecule has 1 N–H and O–H groups in total. The molecular weight excluding hydrogens is 250 g/mol. The summed E-state index contributed by atoms with van der Waals surface area (Å²) in [7, 11) is 2.20. The van der Waals surface area contributed by atoms with Gasteiger partial charge in [0.1, 0.15) is 6.04 Å². The molecule has 18 heavy (non-hydrogen) atoms. The summed E-state index contributed by atoms with van der Waals surface area (Å²) in [6, 6.07) is 0.309. The van der Waals surface area contributed by atoms with E-state index in [0.717, 1.165) is 6.04 Å². The van der Waals surface area contributed by atoms with Gasteiger partial charge in [-0.3, -0.25) is 14.5 Å². The first-order valence-electron chi connectivity index (χ1n) is 6.18. The zero-order chi connectivity index (χ0) is 14.3. The molecule has 0 saturated carbocycles. The smallest absolute Gasteiger partial charge is 0.320 e. The number of aliphatic carboxylic acids is 1. The van der Waals surface area contributed by atoms with Crippen LogP contribution >= 0.6 is 0 Å². The fraction of sp³-hybridized carbons (Fsp3) is 0.833. The fourth-order valence-electron chi connectivity index (χ4n) is 1.40. The summed E-state index contributed by atoms with van der Waals surface area (Å²) in [5, 5.41) is 8.95. The third kappa shape index (κ3) is 8.24. The van der Waals surface area contributed by atoms with E-state index in [0.29, 0.717) is 6.61 Å². The quantitative estimate of drug-likeness (QED) is 0.539. The number of carbonyl (C=O) groups is 2. The van der Waals surface area contributed by atoms with Crippen molar-refractivity contribution >= 4 is 20.0 Å². The standard InChI is InChI=1S/C12H25NO4Si/c1-13(2)10(12(15)16)6-7-11(14)17-8-9-18(3,4)5/h10H,6-9H2,1-5H3,(H,15,16)/t10-/m0/s1. The van der Waals surface area contributed by atoms with Gasteiger partial charge in [0.25, 0.3) is 0 Å². The van der Waals surface area contributed by atoms with Crippen molar-refractivity contribution < 1.29 is 19.4 Å². The zero-order valence-electron chi connectivity index (χ0n) is 12.0. The SMILES string of the molecule is CN(C)[C@@H](CCC(=O)OCC[Si](C)(C)C)C(=O)O. The molecule has 1 atom stereocenters. The van der Waals surface area contributed by atoms with Gasteiger partial charge < -0.3 is 9.84 Å². The first-order valence-corrected chi connectivity index (χ1v) is 9.89. The molecule has 0 unspecified atom stereocenters. The Kier molecular flexibility index (Phi) is 7.16. The molecule has 5 nitrogen and oxygen atoms in total. The van der Waals surface area contributed by atoms with E-state index in [-0.39, 0.29) is 18.8 Å². The normalized spacial score (nSPS) is 13.4. The molecular formula is C12H25NO4Si. The summed E-state index contributed by atoms with van der Waals surface area (Å²) in [6.07, 6.45) is 0.439. The van der Waals surface area contributed by atoms with Crippen molar-refractivity contribution in [3.05, 3.63) is 0 Å². The van der Waals surface area contributed by atoms with E-state index in [4.69, 9.17) is 9.84 Å². The van der Waals surface area contributed by atoms with Gasteiger partial charge in [0.05, 0.1) is 6.61 Å². The molecule has 0 aromatic carbocycles. The van der Waals surface area contributed by atoms with Crippen LogP contribution in [0.5, 0.6) is 0 Å². The predicted octanol–water partition coefficient (Wildman–Crippen LogP) is 1.66. The van der Waals surface area contributed by atoms with Crippen molar-refractivity contribution in [3.8, 4) is 0 Å². The Labute approximate surface area is 110 Å². The van der Waals surface area contributed by atoms with Gasteiger partial charge in [0.2, 0.25) is 0 Å². The van der Waals surface area contributed by atoms with Gasteiger partial charge >= 0.3 is 11.9 Å². The summed E-state index contributed by atoms with van der Waals surface area (Å²) >= 11 is 0. The molecule has 0 aliphatic heterocycles. The number of ether oxygens (including phenoxy) is 1. The van der Waals surface area contributed by atoms with Crippen LogP contribution in [-0.2, 0) is 14.3 Å². The summed E-state index contributed by atoms with van der Waals surface area (Å²) in [5.41, 5.74) is 0. The number of carboxylic acids is 1. The number of esters is 1. The number of carbonyl (C=O) groups excluding carboxylic acids is 1. The minimum absolute atomic E-state index is 0.154. The zero-order valence-corrected chi connectivity index (χ0v) is 13.0. The van der Waals surface area contributed by atoms with E-state index < -0.39 is 20.1 Å². The maximum atomic E-state index is 11.5. The largest absolute Gasteiger partial charge is 0.480 e. The number of rotatable bonds is 8. The van der Waals surface area contributed by atoms with Gasteiger partial charge in [0, 0.05) is 14.5 Å². The third-order valence-electron chi connectivity index (χ3n) is 2.65. The van der Waals surface area contributed by atoms with E-state index in [1.807, 2.05) is 0 Å². The average Bonchev–Trinajstić information content (AvgIpc) is 2.14. The van der Waals surface area contributed by atoms with Crippen molar-refractivity contribution in [2.24, 2.45) is 0 Å². The second-order valence-corrected chi connectivity index (χ2v) is 11.5. The van der Waals surface area contributed by atoms with Crippen LogP contribution in [0, 0.1) is 0 Å². The van der Waals surface area contributed by atoms with E-state index in [1.165, 1.54) is 0 Å². The van der Waals surface area contributed by atoms with Gasteiger partial charge in [-0.15, -0.1) is 0 Å². The third-order valence-corrected chi connectivity index (χ3v) is 4.35. The van der Waals surface area contributed by atoms with Gasteiger partial charge in [0.15, 0.2) is 0 Å². The Morgan fingerprint density at radius 2 is 1.83 bits per heavy atom. The minimum atomic E-state index is -1.18. The molecule has 0 aliphatic rings. The van der Waals surface area contributed by atoms with Crippen LogP contribution < -0.4 is 0 Å². The van der Waals surface area contributed by atoms with Crippen molar-refractivity contribution in [2.75, 3.05) is 20.7 Å². The molecule has 0 aromatic rings. The lowest BCUT2D eigenvalue weighted by molar-refractivity contribution is -0.145. The van der Waals surface area contributed by atoms with Gasteiger partial charge in [-0.25, -0.2) is 0 Å². The number of carboxylic acid groups (broad SMARTS) is 1. The lowest BCUT2D eigenvalue weighted by Crippen LogP contribution is -2.36. The summed E-state index contributed by atoms with van der Waals surface area (Å²) in [5.74, 6) is -1.21. The molecule has 0 spiro atoms. The highest BCUT2D eigenvalue weighted by Gasteiger charge is 2.21. The highest BCUT2D eigenvalue weighted by atomic mass is 28.3. The molecule has 0 amide bonds. The Hall–Kier alpha value is -0.883. The monoisotopic (exact) mass is 275 g/mol. The summed E-state index contributed by atoms with van der Waals surface area (Å²) in [6.45, 7) is 7.10.